The number of rotatable bonds is 3. The van der Waals surface area contributed by atoms with Crippen LogP contribution in [-0.2, 0) is 0 Å². The van der Waals surface area contributed by atoms with Crippen LogP contribution in [0.2, 0.25) is 0 Å². The number of aldehydes is 1. The summed E-state index contributed by atoms with van der Waals surface area (Å²) in [4.78, 5) is 11.0. The molecule has 2 aromatic carbocycles. The zero-order valence-electron chi connectivity index (χ0n) is 10.5. The maximum Gasteiger partial charge on any atom is 0.162 e. The molecule has 0 atom stereocenters. The van der Waals surface area contributed by atoms with Gasteiger partial charge >= 0.3 is 0 Å². The Morgan fingerprint density at radius 3 is 2.37 bits per heavy atom. The lowest BCUT2D eigenvalue weighted by Gasteiger charge is -2.11. The Balaban J connectivity index is 2.41. The predicted octanol–water partition coefficient (Wildman–Crippen LogP) is 4.19. The van der Waals surface area contributed by atoms with Crippen molar-refractivity contribution in [3.63, 3.8) is 0 Å². The van der Waals surface area contributed by atoms with E-state index in [-0.39, 0.29) is 5.75 Å². The third kappa shape index (κ3) is 2.78. The molecule has 98 valence electrons. The molecule has 2 nitrogen and oxygen atoms in total. The number of carbonyl (C=O) groups is 1. The Labute approximate surface area is 109 Å². The van der Waals surface area contributed by atoms with Crippen LogP contribution in [0.3, 0.4) is 0 Å². The van der Waals surface area contributed by atoms with Gasteiger partial charge in [0, 0.05) is 6.07 Å². The average molecular weight is 262 g/mol. The topological polar surface area (TPSA) is 26.3 Å². The van der Waals surface area contributed by atoms with E-state index in [1.54, 1.807) is 25.1 Å². The van der Waals surface area contributed by atoms with Crippen molar-refractivity contribution in [1.82, 2.24) is 0 Å². The van der Waals surface area contributed by atoms with Gasteiger partial charge < -0.3 is 4.74 Å². The molecule has 0 fully saturated rings. The van der Waals surface area contributed by atoms with Gasteiger partial charge in [-0.15, -0.1) is 0 Å². The molecule has 0 heterocycles. The summed E-state index contributed by atoms with van der Waals surface area (Å²) < 4.78 is 31.7. The van der Waals surface area contributed by atoms with Crippen molar-refractivity contribution in [2.24, 2.45) is 0 Å². The van der Waals surface area contributed by atoms with Gasteiger partial charge in [-0.1, -0.05) is 11.6 Å². The molecule has 0 bridgehead atoms. The molecule has 19 heavy (non-hydrogen) atoms. The van der Waals surface area contributed by atoms with E-state index in [0.717, 1.165) is 17.7 Å². The normalized spacial score (nSPS) is 10.3. The van der Waals surface area contributed by atoms with Gasteiger partial charge in [-0.05, 0) is 37.6 Å². The van der Waals surface area contributed by atoms with E-state index in [0.29, 0.717) is 23.2 Å². The van der Waals surface area contributed by atoms with Crippen molar-refractivity contribution in [3.05, 3.63) is 58.7 Å². The van der Waals surface area contributed by atoms with Crippen LogP contribution in [0.5, 0.6) is 11.5 Å². The van der Waals surface area contributed by atoms with Gasteiger partial charge in [0.1, 0.15) is 11.5 Å². The van der Waals surface area contributed by atoms with Crippen LogP contribution in [0.4, 0.5) is 8.78 Å². The Hall–Kier alpha value is -2.23. The van der Waals surface area contributed by atoms with E-state index in [9.17, 15) is 13.6 Å². The molecule has 4 heteroatoms. The highest BCUT2D eigenvalue weighted by atomic mass is 19.2. The third-order valence-corrected chi connectivity index (χ3v) is 2.73. The highest BCUT2D eigenvalue weighted by Gasteiger charge is 2.11. The summed E-state index contributed by atoms with van der Waals surface area (Å²) in [6.07, 6.45) is 0.664. The Morgan fingerprint density at radius 2 is 1.68 bits per heavy atom. The number of aryl methyl sites for hydroxylation is 2. The van der Waals surface area contributed by atoms with Crippen LogP contribution in [0.15, 0.2) is 30.3 Å². The Kier molecular flexibility index (Phi) is 3.60. The van der Waals surface area contributed by atoms with E-state index in [1.165, 1.54) is 0 Å². The molecular weight excluding hydrogens is 250 g/mol. The SMILES string of the molecule is Cc1ccc(Oc2cc(F)c(F)cc2C)c(C=O)c1. The summed E-state index contributed by atoms with van der Waals surface area (Å²) in [5.41, 5.74) is 1.73. The number of hydrogen-bond donors (Lipinski definition) is 0. The molecule has 0 aromatic heterocycles. The van der Waals surface area contributed by atoms with Gasteiger partial charge in [-0.2, -0.15) is 0 Å². The standard InChI is InChI=1S/C15H12F2O2/c1-9-3-4-14(11(5-9)8-18)19-15-7-13(17)12(16)6-10(15)2/h3-8H,1-2H3. The van der Waals surface area contributed by atoms with Crippen molar-refractivity contribution >= 4 is 6.29 Å². The summed E-state index contributed by atoms with van der Waals surface area (Å²) in [6, 6.07) is 7.09. The minimum absolute atomic E-state index is 0.186. The van der Waals surface area contributed by atoms with Crippen molar-refractivity contribution in [2.45, 2.75) is 13.8 Å². The molecule has 0 saturated carbocycles. The van der Waals surface area contributed by atoms with Gasteiger partial charge in [0.2, 0.25) is 0 Å². The summed E-state index contributed by atoms with van der Waals surface area (Å²) in [5, 5.41) is 0. The van der Waals surface area contributed by atoms with Crippen molar-refractivity contribution in [2.75, 3.05) is 0 Å². The first-order valence-corrected chi connectivity index (χ1v) is 5.70. The monoisotopic (exact) mass is 262 g/mol. The van der Waals surface area contributed by atoms with E-state index < -0.39 is 11.6 Å². The zero-order chi connectivity index (χ0) is 14.0. The molecule has 0 radical (unpaired) electrons. The third-order valence-electron chi connectivity index (χ3n) is 2.73. The second-order valence-electron chi connectivity index (χ2n) is 4.29. The number of halogens is 2. The lowest BCUT2D eigenvalue weighted by Crippen LogP contribution is -1.95. The molecular formula is C15H12F2O2. The second kappa shape index (κ2) is 5.18. The molecule has 0 amide bonds. The predicted molar refractivity (Wildman–Crippen MR) is 67.7 cm³/mol. The average Bonchev–Trinajstić information content (AvgIpc) is 2.37. The van der Waals surface area contributed by atoms with Gasteiger partial charge in [-0.25, -0.2) is 8.78 Å². The zero-order valence-corrected chi connectivity index (χ0v) is 10.5. The quantitative estimate of drug-likeness (QED) is 0.775. The molecule has 0 saturated heterocycles. The first kappa shape index (κ1) is 13.2. The molecule has 0 aliphatic heterocycles. The second-order valence-corrected chi connectivity index (χ2v) is 4.29. The number of hydrogen-bond acceptors (Lipinski definition) is 2. The smallest absolute Gasteiger partial charge is 0.162 e. The van der Waals surface area contributed by atoms with Crippen molar-refractivity contribution in [1.29, 1.82) is 0 Å². The first-order chi connectivity index (χ1) is 9.01. The molecule has 2 rings (SSSR count). The molecule has 2 aromatic rings. The van der Waals surface area contributed by atoms with E-state index in [2.05, 4.69) is 0 Å². The number of carbonyl (C=O) groups excluding carboxylic acids is 1. The van der Waals surface area contributed by atoms with E-state index >= 15 is 0 Å². The van der Waals surface area contributed by atoms with Gasteiger partial charge in [-0.3, -0.25) is 4.79 Å². The van der Waals surface area contributed by atoms with E-state index in [4.69, 9.17) is 4.74 Å². The van der Waals surface area contributed by atoms with Crippen LogP contribution in [0.1, 0.15) is 21.5 Å². The maximum atomic E-state index is 13.2. The van der Waals surface area contributed by atoms with Gasteiger partial charge in [0.05, 0.1) is 5.56 Å². The fourth-order valence-electron chi connectivity index (χ4n) is 1.71. The highest BCUT2D eigenvalue weighted by Crippen LogP contribution is 2.29. The minimum atomic E-state index is -0.986. The molecule has 0 aliphatic carbocycles. The van der Waals surface area contributed by atoms with Crippen LogP contribution >= 0.6 is 0 Å². The largest absolute Gasteiger partial charge is 0.456 e. The molecule has 0 aliphatic rings. The molecule has 0 unspecified atom stereocenters. The lowest BCUT2D eigenvalue weighted by molar-refractivity contribution is 0.112. The molecule has 0 spiro atoms. The van der Waals surface area contributed by atoms with Crippen molar-refractivity contribution < 1.29 is 18.3 Å². The fourth-order valence-corrected chi connectivity index (χ4v) is 1.71. The highest BCUT2D eigenvalue weighted by molar-refractivity contribution is 5.79. The van der Waals surface area contributed by atoms with E-state index in [1.807, 2.05) is 6.92 Å². The maximum absolute atomic E-state index is 13.2. The Morgan fingerprint density at radius 1 is 1.00 bits per heavy atom. The Bertz CT molecular complexity index is 636. The van der Waals surface area contributed by atoms with Crippen LogP contribution < -0.4 is 4.74 Å². The minimum Gasteiger partial charge on any atom is -0.456 e. The summed E-state index contributed by atoms with van der Waals surface area (Å²) in [6.45, 7) is 3.45. The van der Waals surface area contributed by atoms with Crippen LogP contribution in [-0.4, -0.2) is 6.29 Å². The lowest BCUT2D eigenvalue weighted by atomic mass is 10.1. The van der Waals surface area contributed by atoms with Gasteiger partial charge in [0.25, 0.3) is 0 Å². The number of ether oxygens (including phenoxy) is 1. The first-order valence-electron chi connectivity index (χ1n) is 5.70. The summed E-state index contributed by atoms with van der Waals surface area (Å²) in [7, 11) is 0. The van der Waals surface area contributed by atoms with Crippen LogP contribution in [0.25, 0.3) is 0 Å². The summed E-state index contributed by atoms with van der Waals surface area (Å²) >= 11 is 0. The summed E-state index contributed by atoms with van der Waals surface area (Å²) in [5.74, 6) is -1.41. The van der Waals surface area contributed by atoms with Gasteiger partial charge in [0.15, 0.2) is 17.9 Å². The fraction of sp³-hybridized carbons (Fsp3) is 0.133. The van der Waals surface area contributed by atoms with Crippen LogP contribution in [0, 0.1) is 25.5 Å². The number of benzene rings is 2. The molecule has 0 N–H and O–H groups in total. The van der Waals surface area contributed by atoms with Crippen molar-refractivity contribution in [3.8, 4) is 11.5 Å².